The molecule has 1 atom stereocenters. The van der Waals surface area contributed by atoms with Crippen LogP contribution < -0.4 is 5.32 Å². The Balaban J connectivity index is 2.29. The lowest BCUT2D eigenvalue weighted by molar-refractivity contribution is 0.176. The van der Waals surface area contributed by atoms with E-state index in [1.807, 2.05) is 0 Å². The highest BCUT2D eigenvalue weighted by molar-refractivity contribution is 7.80. The third kappa shape index (κ3) is 4.26. The van der Waals surface area contributed by atoms with E-state index < -0.39 is 0 Å². The average molecular weight is 244 g/mol. The standard InChI is InChI=1S/C12H24N2OS/c1-4-14(8-11-6-5-7-11)12(16)13-10(2)9-15-3/h10-11H,4-9H2,1-3H3,(H,13,16). The Morgan fingerprint density at radius 1 is 1.56 bits per heavy atom. The van der Waals surface area contributed by atoms with Crippen LogP contribution in [0.4, 0.5) is 0 Å². The summed E-state index contributed by atoms with van der Waals surface area (Å²) in [6, 6.07) is 0.285. The maximum atomic E-state index is 5.41. The molecule has 4 heteroatoms. The van der Waals surface area contributed by atoms with Crippen LogP contribution >= 0.6 is 12.2 Å². The Kier molecular flexibility index (Phi) is 6.06. The van der Waals surface area contributed by atoms with Gasteiger partial charge in [0.25, 0.3) is 0 Å². The average Bonchev–Trinajstić information content (AvgIpc) is 2.16. The lowest BCUT2D eigenvalue weighted by Gasteiger charge is -2.34. The Morgan fingerprint density at radius 2 is 2.25 bits per heavy atom. The molecular formula is C12H24N2OS. The predicted octanol–water partition coefficient (Wildman–Crippen LogP) is 2.02. The fourth-order valence-electron chi connectivity index (χ4n) is 1.94. The molecule has 0 saturated heterocycles. The summed E-state index contributed by atoms with van der Waals surface area (Å²) in [5, 5.41) is 4.19. The summed E-state index contributed by atoms with van der Waals surface area (Å²) in [5.41, 5.74) is 0. The minimum Gasteiger partial charge on any atom is -0.383 e. The molecule has 1 fully saturated rings. The van der Waals surface area contributed by atoms with E-state index >= 15 is 0 Å². The van der Waals surface area contributed by atoms with Crippen molar-refractivity contribution in [2.45, 2.75) is 39.2 Å². The van der Waals surface area contributed by atoms with Gasteiger partial charge >= 0.3 is 0 Å². The molecule has 0 aromatic heterocycles. The highest BCUT2D eigenvalue weighted by Gasteiger charge is 2.21. The molecular weight excluding hydrogens is 220 g/mol. The summed E-state index contributed by atoms with van der Waals surface area (Å²) < 4.78 is 5.09. The van der Waals surface area contributed by atoms with Gasteiger partial charge in [0, 0.05) is 26.2 Å². The molecule has 1 aliphatic carbocycles. The molecule has 0 aromatic carbocycles. The first-order valence-electron chi connectivity index (χ1n) is 6.21. The summed E-state index contributed by atoms with van der Waals surface area (Å²) in [6.07, 6.45) is 4.13. The molecule has 94 valence electrons. The number of thiocarbonyl (C=S) groups is 1. The molecule has 0 bridgehead atoms. The van der Waals surface area contributed by atoms with Crippen molar-refractivity contribution in [2.75, 3.05) is 26.8 Å². The second kappa shape index (κ2) is 7.07. The molecule has 1 rings (SSSR count). The van der Waals surface area contributed by atoms with Crippen LogP contribution in [-0.4, -0.2) is 42.9 Å². The Morgan fingerprint density at radius 3 is 2.69 bits per heavy atom. The third-order valence-corrected chi connectivity index (χ3v) is 3.53. The summed E-state index contributed by atoms with van der Waals surface area (Å²) in [7, 11) is 1.72. The minimum atomic E-state index is 0.285. The fourth-order valence-corrected chi connectivity index (χ4v) is 2.34. The Labute approximate surface area is 105 Å². The van der Waals surface area contributed by atoms with Crippen LogP contribution in [0.25, 0.3) is 0 Å². The molecule has 0 aromatic rings. The number of hydrogen-bond donors (Lipinski definition) is 1. The van der Waals surface area contributed by atoms with E-state index in [2.05, 4.69) is 24.1 Å². The lowest BCUT2D eigenvalue weighted by atomic mass is 9.85. The van der Waals surface area contributed by atoms with Gasteiger partial charge in [-0.3, -0.25) is 0 Å². The number of ether oxygens (including phenoxy) is 1. The maximum Gasteiger partial charge on any atom is 0.169 e. The topological polar surface area (TPSA) is 24.5 Å². The predicted molar refractivity (Wildman–Crippen MR) is 71.7 cm³/mol. The number of nitrogens with zero attached hydrogens (tertiary/aromatic N) is 1. The van der Waals surface area contributed by atoms with Crippen molar-refractivity contribution in [1.29, 1.82) is 0 Å². The van der Waals surface area contributed by atoms with Crippen molar-refractivity contribution in [2.24, 2.45) is 5.92 Å². The zero-order valence-electron chi connectivity index (χ0n) is 10.7. The van der Waals surface area contributed by atoms with E-state index in [9.17, 15) is 0 Å². The molecule has 1 N–H and O–H groups in total. The minimum absolute atomic E-state index is 0.285. The molecule has 0 amide bonds. The number of methoxy groups -OCH3 is 1. The number of nitrogens with one attached hydrogen (secondary N) is 1. The van der Waals surface area contributed by atoms with Crippen LogP contribution in [-0.2, 0) is 4.74 Å². The quantitative estimate of drug-likeness (QED) is 0.723. The normalized spacial score (nSPS) is 17.7. The first kappa shape index (κ1) is 13.7. The molecule has 0 spiro atoms. The largest absolute Gasteiger partial charge is 0.383 e. The Bertz CT molecular complexity index is 219. The molecule has 0 radical (unpaired) electrons. The van der Waals surface area contributed by atoms with Crippen molar-refractivity contribution in [3.63, 3.8) is 0 Å². The van der Waals surface area contributed by atoms with Crippen molar-refractivity contribution in [3.05, 3.63) is 0 Å². The van der Waals surface area contributed by atoms with Crippen LogP contribution in [0.15, 0.2) is 0 Å². The third-order valence-electron chi connectivity index (χ3n) is 3.16. The first-order chi connectivity index (χ1) is 7.67. The van der Waals surface area contributed by atoms with Gasteiger partial charge in [-0.25, -0.2) is 0 Å². The summed E-state index contributed by atoms with van der Waals surface area (Å²) in [4.78, 5) is 2.27. The van der Waals surface area contributed by atoms with E-state index in [1.54, 1.807) is 7.11 Å². The molecule has 1 aliphatic rings. The van der Waals surface area contributed by atoms with Crippen molar-refractivity contribution in [1.82, 2.24) is 10.2 Å². The summed E-state index contributed by atoms with van der Waals surface area (Å²) in [6.45, 7) is 7.05. The van der Waals surface area contributed by atoms with Gasteiger partial charge in [0.05, 0.1) is 6.61 Å². The maximum absolute atomic E-state index is 5.41. The summed E-state index contributed by atoms with van der Waals surface area (Å²) in [5.74, 6) is 0.859. The lowest BCUT2D eigenvalue weighted by Crippen LogP contribution is -2.47. The molecule has 0 heterocycles. The fraction of sp³-hybridized carbons (Fsp3) is 0.917. The van der Waals surface area contributed by atoms with Gasteiger partial charge in [0.1, 0.15) is 0 Å². The summed E-state index contributed by atoms with van der Waals surface area (Å²) >= 11 is 5.41. The van der Waals surface area contributed by atoms with Crippen molar-refractivity contribution < 1.29 is 4.74 Å². The van der Waals surface area contributed by atoms with Crippen LogP contribution in [0.5, 0.6) is 0 Å². The van der Waals surface area contributed by atoms with Gasteiger partial charge in [-0.15, -0.1) is 0 Å². The van der Waals surface area contributed by atoms with E-state index in [1.165, 1.54) is 19.3 Å². The number of hydrogen-bond acceptors (Lipinski definition) is 2. The van der Waals surface area contributed by atoms with Crippen molar-refractivity contribution in [3.8, 4) is 0 Å². The van der Waals surface area contributed by atoms with Crippen LogP contribution in [0.1, 0.15) is 33.1 Å². The van der Waals surface area contributed by atoms with Gasteiger partial charge in [-0.2, -0.15) is 0 Å². The van der Waals surface area contributed by atoms with Gasteiger partial charge in [0.15, 0.2) is 5.11 Å². The molecule has 1 saturated carbocycles. The second-order valence-electron chi connectivity index (χ2n) is 4.64. The highest BCUT2D eigenvalue weighted by atomic mass is 32.1. The number of rotatable bonds is 6. The zero-order valence-corrected chi connectivity index (χ0v) is 11.5. The van der Waals surface area contributed by atoms with E-state index in [4.69, 9.17) is 17.0 Å². The van der Waals surface area contributed by atoms with Crippen molar-refractivity contribution >= 4 is 17.3 Å². The van der Waals surface area contributed by atoms with E-state index in [-0.39, 0.29) is 6.04 Å². The van der Waals surface area contributed by atoms with Crippen LogP contribution in [0.2, 0.25) is 0 Å². The van der Waals surface area contributed by atoms with E-state index in [0.717, 1.165) is 24.1 Å². The Hall–Kier alpha value is -0.350. The first-order valence-corrected chi connectivity index (χ1v) is 6.62. The molecule has 1 unspecified atom stereocenters. The van der Waals surface area contributed by atoms with Gasteiger partial charge in [-0.05, 0) is 44.8 Å². The second-order valence-corrected chi connectivity index (χ2v) is 5.03. The molecule has 16 heavy (non-hydrogen) atoms. The smallest absolute Gasteiger partial charge is 0.169 e. The van der Waals surface area contributed by atoms with Gasteiger partial charge in [0.2, 0.25) is 0 Å². The van der Waals surface area contributed by atoms with Gasteiger partial charge < -0.3 is 15.0 Å². The SMILES string of the molecule is CCN(CC1CCC1)C(=S)NC(C)COC. The highest BCUT2D eigenvalue weighted by Crippen LogP contribution is 2.27. The van der Waals surface area contributed by atoms with Gasteiger partial charge in [-0.1, -0.05) is 6.42 Å². The zero-order chi connectivity index (χ0) is 12.0. The van der Waals surface area contributed by atoms with Crippen LogP contribution in [0, 0.1) is 5.92 Å². The molecule has 0 aliphatic heterocycles. The molecule has 3 nitrogen and oxygen atoms in total. The monoisotopic (exact) mass is 244 g/mol. The van der Waals surface area contributed by atoms with E-state index in [0.29, 0.717) is 6.61 Å². The van der Waals surface area contributed by atoms with Crippen LogP contribution in [0.3, 0.4) is 0 Å².